The van der Waals surface area contributed by atoms with Gasteiger partial charge in [-0.1, -0.05) is 42.5 Å². The number of carbonyl (C=O) groups excluding carboxylic acids is 1. The number of aliphatic carboxylic acids is 1. The van der Waals surface area contributed by atoms with Gasteiger partial charge in [0.2, 0.25) is 0 Å². The summed E-state index contributed by atoms with van der Waals surface area (Å²) in [7, 11) is -7.37. The second-order valence-electron chi connectivity index (χ2n) is 5.98. The summed E-state index contributed by atoms with van der Waals surface area (Å²) in [5.74, 6) is 0.202. The summed E-state index contributed by atoms with van der Waals surface area (Å²) in [6, 6.07) is 24.2. The third-order valence-corrected chi connectivity index (χ3v) is 9.02. The Morgan fingerprint density at radius 2 is 1.29 bits per heavy atom. The molecule has 3 rings (SSSR count). The van der Waals surface area contributed by atoms with Crippen LogP contribution >= 0.6 is 7.26 Å². The van der Waals surface area contributed by atoms with Gasteiger partial charge in [0.1, 0.15) is 33.3 Å². The van der Waals surface area contributed by atoms with Crippen molar-refractivity contribution in [2.75, 3.05) is 0 Å². The predicted octanol–water partition coefficient (Wildman–Crippen LogP) is 1.15. The molecule has 0 aliphatic heterocycles. The number of carboxylic acids is 1. The van der Waals surface area contributed by atoms with Gasteiger partial charge in [-0.15, -0.1) is 0 Å². The maximum atomic E-state index is 11.6. The van der Waals surface area contributed by atoms with Crippen LogP contribution in [0.3, 0.4) is 0 Å². The molecule has 0 spiro atoms. The quantitative estimate of drug-likeness (QED) is 0.344. The highest BCUT2D eigenvalue weighted by Crippen LogP contribution is 2.57. The highest BCUT2D eigenvalue weighted by molar-refractivity contribution is 7.98. The van der Waals surface area contributed by atoms with E-state index in [0.29, 0.717) is 5.30 Å². The molecule has 3 aromatic rings. The van der Waals surface area contributed by atoms with Crippen molar-refractivity contribution >= 4 is 39.3 Å². The fourth-order valence-electron chi connectivity index (χ4n) is 3.06. The van der Waals surface area contributed by atoms with Crippen molar-refractivity contribution in [2.24, 2.45) is 0 Å². The fourth-order valence-corrected chi connectivity index (χ4v) is 7.37. The zero-order valence-electron chi connectivity index (χ0n) is 14.6. The molecule has 142 valence electrons. The van der Waals surface area contributed by atoms with E-state index in [1.54, 1.807) is 11.9 Å². The van der Waals surface area contributed by atoms with E-state index < -0.39 is 23.3 Å². The molecular formula is C21H16O5PS-. The first-order chi connectivity index (χ1) is 13.3. The zero-order valence-corrected chi connectivity index (χ0v) is 16.3. The summed E-state index contributed by atoms with van der Waals surface area (Å²) in [5, 5.41) is 13.4. The smallest absolute Gasteiger partial charge is 0.137 e. The lowest BCUT2D eigenvalue weighted by Gasteiger charge is -2.24. The number of benzene rings is 3. The second kappa shape index (κ2) is 8.07. The normalized spacial score (nSPS) is 12.2. The molecule has 3 aromatic carbocycles. The molecule has 0 aliphatic carbocycles. The first-order valence-electron chi connectivity index (χ1n) is 8.31. The Morgan fingerprint density at radius 1 is 0.786 bits per heavy atom. The summed E-state index contributed by atoms with van der Waals surface area (Å²) in [4.78, 5) is 10.9. The Labute approximate surface area is 164 Å². The van der Waals surface area contributed by atoms with E-state index in [0.717, 1.165) is 16.7 Å². The minimum absolute atomic E-state index is 0.358. The lowest BCUT2D eigenvalue weighted by molar-refractivity contribution is -0.297. The molecule has 0 amide bonds. The molecule has 0 radical (unpaired) electrons. The first-order valence-corrected chi connectivity index (χ1v) is 11.6. The van der Waals surface area contributed by atoms with E-state index in [1.165, 1.54) is 18.2 Å². The fraction of sp³-hybridized carbons (Fsp3) is 0. The lowest BCUT2D eigenvalue weighted by atomic mass is 10.3. The molecule has 7 heteroatoms. The molecule has 28 heavy (non-hydrogen) atoms. The molecule has 0 saturated heterocycles. The van der Waals surface area contributed by atoms with Gasteiger partial charge in [-0.05, 0) is 48.5 Å². The molecule has 0 saturated carbocycles. The van der Waals surface area contributed by atoms with Crippen molar-refractivity contribution in [1.82, 2.24) is 0 Å². The van der Waals surface area contributed by atoms with Crippen LogP contribution < -0.4 is 21.0 Å². The molecular weight excluding hydrogens is 395 g/mol. The average molecular weight is 411 g/mol. The van der Waals surface area contributed by atoms with Gasteiger partial charge in [-0.2, -0.15) is 0 Å². The molecule has 0 atom stereocenters. The van der Waals surface area contributed by atoms with Gasteiger partial charge in [0.15, 0.2) is 0 Å². The van der Waals surface area contributed by atoms with Crippen LogP contribution in [0, 0.1) is 0 Å². The highest BCUT2D eigenvalue weighted by Gasteiger charge is 2.43. The maximum absolute atomic E-state index is 11.6. The van der Waals surface area contributed by atoms with E-state index >= 15 is 0 Å². The summed E-state index contributed by atoms with van der Waals surface area (Å²) < 4.78 is 34.8. The SMILES string of the molecule is O=C([O-])/C=C/[P+](c1ccccc1)(c1ccccc1)c1cccc(S(=O)(=O)[O-])c1. The molecule has 0 heterocycles. The third kappa shape index (κ3) is 4.04. The zero-order chi connectivity index (χ0) is 20.2. The van der Waals surface area contributed by atoms with Crippen LogP contribution in [0.15, 0.2) is 102 Å². The summed E-state index contributed by atoms with van der Waals surface area (Å²) in [6.45, 7) is 0. The second-order valence-corrected chi connectivity index (χ2v) is 10.7. The molecule has 0 aliphatic rings. The van der Waals surface area contributed by atoms with Gasteiger partial charge in [0.05, 0.1) is 16.7 Å². The Morgan fingerprint density at radius 3 is 1.75 bits per heavy atom. The number of rotatable bonds is 6. The van der Waals surface area contributed by atoms with Crippen LogP contribution in [-0.4, -0.2) is 18.9 Å². The van der Waals surface area contributed by atoms with E-state index in [-0.39, 0.29) is 4.90 Å². The van der Waals surface area contributed by atoms with Crippen LogP contribution in [0.2, 0.25) is 0 Å². The average Bonchev–Trinajstić information content (AvgIpc) is 2.70. The van der Waals surface area contributed by atoms with E-state index in [1.807, 2.05) is 60.7 Å². The number of carboxylic acid groups (broad SMARTS) is 1. The first kappa shape index (κ1) is 20.0. The maximum Gasteiger partial charge on any atom is 0.137 e. The highest BCUT2D eigenvalue weighted by atomic mass is 32.2. The Bertz CT molecular complexity index is 1070. The Kier molecular flexibility index (Phi) is 5.75. The van der Waals surface area contributed by atoms with Gasteiger partial charge in [0, 0.05) is 0 Å². The van der Waals surface area contributed by atoms with Gasteiger partial charge < -0.3 is 14.5 Å². The molecule has 0 unspecified atom stereocenters. The molecule has 0 bridgehead atoms. The number of hydrogen-bond donors (Lipinski definition) is 0. The van der Waals surface area contributed by atoms with Crippen molar-refractivity contribution in [2.45, 2.75) is 4.90 Å². The standard InChI is InChI=1S/C21H17O5PS/c22-21(23)14-15-27(17-8-3-1-4-9-17,18-10-5-2-6-11-18)19-12-7-13-20(16-19)28(24,25)26/h1-16H,(H-,22,23,24,25,26)/p-1/b15-14+. The van der Waals surface area contributed by atoms with Gasteiger partial charge in [-0.25, -0.2) is 8.42 Å². The van der Waals surface area contributed by atoms with Crippen LogP contribution in [0.4, 0.5) is 0 Å². The molecule has 5 nitrogen and oxygen atoms in total. The summed E-state index contributed by atoms with van der Waals surface area (Å²) in [5.41, 5.74) is 0. The summed E-state index contributed by atoms with van der Waals surface area (Å²) >= 11 is 0. The Balaban J connectivity index is 2.41. The van der Waals surface area contributed by atoms with Crippen molar-refractivity contribution in [3.8, 4) is 0 Å². The van der Waals surface area contributed by atoms with E-state index in [2.05, 4.69) is 0 Å². The van der Waals surface area contributed by atoms with Crippen LogP contribution in [0.25, 0.3) is 0 Å². The van der Waals surface area contributed by atoms with Gasteiger partial charge >= 0.3 is 0 Å². The predicted molar refractivity (Wildman–Crippen MR) is 107 cm³/mol. The van der Waals surface area contributed by atoms with Crippen molar-refractivity contribution < 1.29 is 22.9 Å². The summed E-state index contributed by atoms with van der Waals surface area (Å²) in [6.07, 6.45) is 0.964. The largest absolute Gasteiger partial charge is 0.744 e. The van der Waals surface area contributed by atoms with Gasteiger partial charge in [-0.3, -0.25) is 0 Å². The Hall–Kier alpha value is -2.79. The van der Waals surface area contributed by atoms with Crippen molar-refractivity contribution in [3.05, 3.63) is 96.8 Å². The monoisotopic (exact) mass is 411 g/mol. The van der Waals surface area contributed by atoms with E-state index in [9.17, 15) is 22.9 Å². The van der Waals surface area contributed by atoms with Crippen LogP contribution in [-0.2, 0) is 14.9 Å². The van der Waals surface area contributed by atoms with Crippen LogP contribution in [0.1, 0.15) is 0 Å². The number of carbonyl (C=O) groups is 1. The lowest BCUT2D eigenvalue weighted by Crippen LogP contribution is -2.30. The topological polar surface area (TPSA) is 97.3 Å². The number of hydrogen-bond acceptors (Lipinski definition) is 5. The minimum Gasteiger partial charge on any atom is -0.744 e. The minimum atomic E-state index is -4.67. The molecule has 0 fully saturated rings. The van der Waals surface area contributed by atoms with E-state index in [4.69, 9.17) is 0 Å². The van der Waals surface area contributed by atoms with Crippen LogP contribution in [0.5, 0.6) is 0 Å². The molecule has 0 aromatic heterocycles. The third-order valence-electron chi connectivity index (χ3n) is 4.27. The van der Waals surface area contributed by atoms with Gasteiger partial charge in [0.25, 0.3) is 0 Å². The van der Waals surface area contributed by atoms with Crippen molar-refractivity contribution in [3.63, 3.8) is 0 Å². The van der Waals surface area contributed by atoms with Crippen molar-refractivity contribution in [1.29, 1.82) is 0 Å². The molecule has 0 N–H and O–H groups in total.